The molecule has 0 aromatic heterocycles. The molecule has 0 radical (unpaired) electrons. The maximum atomic E-state index is 12.1. The zero-order chi connectivity index (χ0) is 16.1. The number of carbonyl (C=O) groups is 2. The molecule has 2 aromatic rings. The second-order valence-electron chi connectivity index (χ2n) is 4.74. The van der Waals surface area contributed by atoms with Gasteiger partial charge in [0.15, 0.2) is 6.04 Å². The fourth-order valence-corrected chi connectivity index (χ4v) is 1.99. The molecule has 0 bridgehead atoms. The van der Waals surface area contributed by atoms with Crippen molar-refractivity contribution in [1.29, 1.82) is 0 Å². The minimum absolute atomic E-state index is 0.0526. The summed E-state index contributed by atoms with van der Waals surface area (Å²) in [4.78, 5) is 23.5. The summed E-state index contributed by atoms with van der Waals surface area (Å²) in [6.07, 6.45) is -0.0787. The first kappa shape index (κ1) is 15.5. The van der Waals surface area contributed by atoms with Crippen molar-refractivity contribution in [2.45, 2.75) is 12.5 Å². The monoisotopic (exact) mass is 301 g/mol. The summed E-state index contributed by atoms with van der Waals surface area (Å²) >= 11 is 0. The van der Waals surface area contributed by atoms with E-state index in [4.69, 9.17) is 0 Å². The number of aromatic hydroxyl groups is 1. The molecule has 1 amide bonds. The number of hydroxylamine groups is 2. The number of hydrogen-bond acceptors (Lipinski definition) is 4. The third-order valence-electron chi connectivity index (χ3n) is 3.17. The third kappa shape index (κ3) is 3.62. The lowest BCUT2D eigenvalue weighted by atomic mass is 10.0. The van der Waals surface area contributed by atoms with E-state index in [-0.39, 0.29) is 22.8 Å². The lowest BCUT2D eigenvalue weighted by Crippen LogP contribution is -2.44. The lowest BCUT2D eigenvalue weighted by molar-refractivity contribution is -0.157. The van der Waals surface area contributed by atoms with Crippen molar-refractivity contribution in [2.75, 3.05) is 0 Å². The van der Waals surface area contributed by atoms with Gasteiger partial charge in [-0.15, -0.1) is 0 Å². The lowest BCUT2D eigenvalue weighted by Gasteiger charge is -2.22. The Morgan fingerprint density at radius 1 is 1.00 bits per heavy atom. The van der Waals surface area contributed by atoms with Gasteiger partial charge < -0.3 is 10.2 Å². The zero-order valence-electron chi connectivity index (χ0n) is 11.6. The van der Waals surface area contributed by atoms with E-state index in [0.717, 1.165) is 0 Å². The van der Waals surface area contributed by atoms with Crippen LogP contribution < -0.4 is 0 Å². The molecule has 0 aliphatic heterocycles. The predicted octanol–water partition coefficient (Wildman–Crippen LogP) is 1.92. The molecule has 2 rings (SSSR count). The molecule has 114 valence electrons. The molecule has 0 saturated heterocycles. The second-order valence-corrected chi connectivity index (χ2v) is 4.74. The molecule has 1 atom stereocenters. The number of phenolic OH excluding ortho intramolecular Hbond substituents is 1. The van der Waals surface area contributed by atoms with E-state index >= 15 is 0 Å². The smallest absolute Gasteiger partial charge is 0.329 e. The van der Waals surface area contributed by atoms with E-state index in [0.29, 0.717) is 5.56 Å². The van der Waals surface area contributed by atoms with Crippen LogP contribution in [-0.2, 0) is 11.2 Å². The van der Waals surface area contributed by atoms with Crippen molar-refractivity contribution in [1.82, 2.24) is 5.06 Å². The molecule has 0 unspecified atom stereocenters. The number of hydrogen-bond donors (Lipinski definition) is 3. The average molecular weight is 301 g/mol. The van der Waals surface area contributed by atoms with Gasteiger partial charge in [0.1, 0.15) is 5.75 Å². The van der Waals surface area contributed by atoms with E-state index in [1.165, 1.54) is 36.4 Å². The van der Waals surface area contributed by atoms with Crippen molar-refractivity contribution in [3.8, 4) is 5.75 Å². The number of rotatable bonds is 5. The zero-order valence-corrected chi connectivity index (χ0v) is 11.6. The second kappa shape index (κ2) is 6.73. The van der Waals surface area contributed by atoms with E-state index in [9.17, 15) is 25.0 Å². The molecule has 0 aliphatic carbocycles. The Hall–Kier alpha value is -2.86. The summed E-state index contributed by atoms with van der Waals surface area (Å²) in [5.74, 6) is -2.05. The van der Waals surface area contributed by atoms with Crippen LogP contribution in [0.25, 0.3) is 0 Å². The number of carbonyl (C=O) groups excluding carboxylic acids is 1. The van der Waals surface area contributed by atoms with Crippen LogP contribution in [0.15, 0.2) is 54.6 Å². The van der Waals surface area contributed by atoms with Gasteiger partial charge in [-0.05, 0) is 29.8 Å². The fraction of sp³-hybridized carbons (Fsp3) is 0.125. The van der Waals surface area contributed by atoms with Crippen LogP contribution in [0.1, 0.15) is 15.9 Å². The summed E-state index contributed by atoms with van der Waals surface area (Å²) in [6, 6.07) is 12.4. The van der Waals surface area contributed by atoms with E-state index in [1.54, 1.807) is 18.2 Å². The highest BCUT2D eigenvalue weighted by molar-refractivity contribution is 5.95. The van der Waals surface area contributed by atoms with Gasteiger partial charge in [-0.2, -0.15) is 0 Å². The summed E-state index contributed by atoms with van der Waals surface area (Å²) in [5, 5.41) is 28.7. The van der Waals surface area contributed by atoms with Crippen LogP contribution in [0.2, 0.25) is 0 Å². The fourth-order valence-electron chi connectivity index (χ4n) is 1.99. The minimum atomic E-state index is -1.42. The highest BCUT2D eigenvalue weighted by atomic mass is 16.5. The van der Waals surface area contributed by atoms with Gasteiger partial charge in [-0.1, -0.05) is 30.3 Å². The van der Waals surface area contributed by atoms with Crippen molar-refractivity contribution >= 4 is 11.9 Å². The van der Waals surface area contributed by atoms with E-state index < -0.39 is 17.9 Å². The maximum Gasteiger partial charge on any atom is 0.329 e. The molecule has 6 heteroatoms. The van der Waals surface area contributed by atoms with Crippen molar-refractivity contribution in [3.63, 3.8) is 0 Å². The third-order valence-corrected chi connectivity index (χ3v) is 3.17. The molecule has 0 aliphatic rings. The Morgan fingerprint density at radius 2 is 1.59 bits per heavy atom. The molecule has 2 aromatic carbocycles. The first-order valence-electron chi connectivity index (χ1n) is 6.57. The highest BCUT2D eigenvalue weighted by Crippen LogP contribution is 2.15. The normalized spacial score (nSPS) is 11.7. The summed E-state index contributed by atoms with van der Waals surface area (Å²) < 4.78 is 0. The van der Waals surface area contributed by atoms with Crippen LogP contribution in [0.3, 0.4) is 0 Å². The van der Waals surface area contributed by atoms with E-state index in [2.05, 4.69) is 0 Å². The Morgan fingerprint density at radius 3 is 2.14 bits per heavy atom. The molecule has 0 fully saturated rings. The molecule has 6 nitrogen and oxygen atoms in total. The molecular formula is C16H15NO5. The first-order chi connectivity index (χ1) is 10.5. The highest BCUT2D eigenvalue weighted by Gasteiger charge is 2.29. The Bertz CT molecular complexity index is 654. The van der Waals surface area contributed by atoms with Gasteiger partial charge in [0.05, 0.1) is 0 Å². The van der Waals surface area contributed by atoms with Crippen LogP contribution in [-0.4, -0.2) is 38.4 Å². The molecule has 0 saturated carbocycles. The minimum Gasteiger partial charge on any atom is -0.508 e. The SMILES string of the molecule is O=C(O)[C@H](Cc1ccc(O)cc1)N(O)C(=O)c1ccccc1. The van der Waals surface area contributed by atoms with Gasteiger partial charge in [0.25, 0.3) is 5.91 Å². The molecule has 3 N–H and O–H groups in total. The summed E-state index contributed by atoms with van der Waals surface area (Å²) in [6.45, 7) is 0. The predicted molar refractivity (Wildman–Crippen MR) is 77.6 cm³/mol. The van der Waals surface area contributed by atoms with Gasteiger partial charge in [-0.25, -0.2) is 9.86 Å². The van der Waals surface area contributed by atoms with Crippen molar-refractivity contribution in [3.05, 3.63) is 65.7 Å². The van der Waals surface area contributed by atoms with E-state index in [1.807, 2.05) is 0 Å². The number of phenols is 1. The number of carboxylic acid groups (broad SMARTS) is 1. The molecular weight excluding hydrogens is 286 g/mol. The average Bonchev–Trinajstić information content (AvgIpc) is 2.53. The topological polar surface area (TPSA) is 98.1 Å². The standard InChI is InChI=1S/C16H15NO5/c18-13-8-6-11(7-9-13)10-14(16(20)21)17(22)15(19)12-4-2-1-3-5-12/h1-9,14,18,22H,10H2,(H,20,21)/t14-/m0/s1. The van der Waals surface area contributed by atoms with Crippen LogP contribution >= 0.6 is 0 Å². The number of nitrogens with zero attached hydrogens (tertiary/aromatic N) is 1. The van der Waals surface area contributed by atoms with Crippen molar-refractivity contribution < 1.29 is 25.0 Å². The first-order valence-corrected chi connectivity index (χ1v) is 6.57. The maximum absolute atomic E-state index is 12.1. The Balaban J connectivity index is 2.18. The molecule has 22 heavy (non-hydrogen) atoms. The number of benzene rings is 2. The van der Waals surface area contributed by atoms with Gasteiger partial charge in [-0.3, -0.25) is 10.0 Å². The van der Waals surface area contributed by atoms with Gasteiger partial charge in [0, 0.05) is 12.0 Å². The molecule has 0 spiro atoms. The van der Waals surface area contributed by atoms with Crippen molar-refractivity contribution in [2.24, 2.45) is 0 Å². The number of amides is 1. The van der Waals surface area contributed by atoms with Gasteiger partial charge in [0.2, 0.25) is 0 Å². The van der Waals surface area contributed by atoms with Crippen LogP contribution in [0.5, 0.6) is 5.75 Å². The quantitative estimate of drug-likeness (QED) is 0.579. The Kier molecular flexibility index (Phi) is 4.75. The largest absolute Gasteiger partial charge is 0.508 e. The summed E-state index contributed by atoms with van der Waals surface area (Å²) in [5.41, 5.74) is 0.770. The number of aliphatic carboxylic acids is 1. The van der Waals surface area contributed by atoms with Crippen LogP contribution in [0, 0.1) is 0 Å². The van der Waals surface area contributed by atoms with Crippen LogP contribution in [0.4, 0.5) is 0 Å². The summed E-state index contributed by atoms with van der Waals surface area (Å²) in [7, 11) is 0. The van der Waals surface area contributed by atoms with Gasteiger partial charge >= 0.3 is 5.97 Å². The Labute approximate surface area is 126 Å². The molecule has 0 heterocycles. The number of carboxylic acids is 1.